The van der Waals surface area contributed by atoms with Gasteiger partial charge in [0, 0.05) is 29.6 Å². The number of aliphatic hydroxyl groups excluding tert-OH is 1. The predicted octanol–water partition coefficient (Wildman–Crippen LogP) is 3.49. The Morgan fingerprint density at radius 3 is 2.30 bits per heavy atom. The Morgan fingerprint density at radius 2 is 1.70 bits per heavy atom. The number of aliphatic hydroxyl groups is 1. The minimum Gasteiger partial charge on any atom is -0.396 e. The molecule has 1 aliphatic heterocycles. The highest BCUT2D eigenvalue weighted by atomic mass is 19.1. The summed E-state index contributed by atoms with van der Waals surface area (Å²) in [6.07, 6.45) is 2.21. The van der Waals surface area contributed by atoms with E-state index in [4.69, 9.17) is 0 Å². The van der Waals surface area contributed by atoms with E-state index in [0.29, 0.717) is 30.6 Å². The van der Waals surface area contributed by atoms with Gasteiger partial charge in [-0.2, -0.15) is 0 Å². The highest BCUT2D eigenvalue weighted by molar-refractivity contribution is 5.97. The van der Waals surface area contributed by atoms with Crippen LogP contribution in [0.4, 0.5) is 4.39 Å². The zero-order valence-electron chi connectivity index (χ0n) is 15.5. The molecular formula is C22H24FNO3. The van der Waals surface area contributed by atoms with E-state index in [0.717, 1.165) is 18.4 Å². The number of halogens is 1. The van der Waals surface area contributed by atoms with Crippen LogP contribution >= 0.6 is 0 Å². The summed E-state index contributed by atoms with van der Waals surface area (Å²) in [7, 11) is 0. The Balaban J connectivity index is 1.75. The number of ketones is 1. The second kappa shape index (κ2) is 8.01. The van der Waals surface area contributed by atoms with E-state index in [1.807, 2.05) is 0 Å². The number of carbonyl (C=O) groups is 2. The topological polar surface area (TPSA) is 57.6 Å². The number of Topliss-reactive ketones (excluding diaryl/α,β-unsaturated/α-hetero) is 1. The van der Waals surface area contributed by atoms with Crippen LogP contribution in [0.2, 0.25) is 0 Å². The monoisotopic (exact) mass is 369 g/mol. The second-order valence-corrected chi connectivity index (χ2v) is 7.43. The average molecular weight is 369 g/mol. The molecule has 1 heterocycles. The van der Waals surface area contributed by atoms with E-state index < -0.39 is 5.41 Å². The largest absolute Gasteiger partial charge is 0.396 e. The number of carbonyl (C=O) groups excluding carboxylic acids is 2. The van der Waals surface area contributed by atoms with Crippen molar-refractivity contribution < 1.29 is 19.1 Å². The number of rotatable bonds is 5. The minimum atomic E-state index is -0.426. The van der Waals surface area contributed by atoms with Gasteiger partial charge in [0.15, 0.2) is 5.78 Å². The summed E-state index contributed by atoms with van der Waals surface area (Å²) in [6, 6.07) is 13.0. The van der Waals surface area contributed by atoms with Gasteiger partial charge in [-0.25, -0.2) is 4.39 Å². The van der Waals surface area contributed by atoms with Crippen molar-refractivity contribution in [3.05, 3.63) is 71.0 Å². The van der Waals surface area contributed by atoms with Crippen LogP contribution < -0.4 is 0 Å². The first-order chi connectivity index (χ1) is 12.9. The first-order valence-electron chi connectivity index (χ1n) is 9.18. The molecule has 1 amide bonds. The molecule has 0 aliphatic carbocycles. The number of piperidine rings is 1. The molecule has 0 bridgehead atoms. The zero-order chi connectivity index (χ0) is 19.4. The first kappa shape index (κ1) is 19.2. The summed E-state index contributed by atoms with van der Waals surface area (Å²) >= 11 is 0. The van der Waals surface area contributed by atoms with E-state index in [1.165, 1.54) is 19.1 Å². The van der Waals surface area contributed by atoms with E-state index in [-0.39, 0.29) is 24.1 Å². The molecule has 0 unspecified atom stereocenters. The molecule has 0 aromatic heterocycles. The van der Waals surface area contributed by atoms with E-state index in [1.54, 1.807) is 41.3 Å². The zero-order valence-corrected chi connectivity index (χ0v) is 15.5. The van der Waals surface area contributed by atoms with Crippen LogP contribution in [-0.2, 0) is 6.42 Å². The molecule has 1 N–H and O–H groups in total. The van der Waals surface area contributed by atoms with Crippen molar-refractivity contribution in [3.63, 3.8) is 0 Å². The van der Waals surface area contributed by atoms with Crippen molar-refractivity contribution in [1.82, 2.24) is 4.90 Å². The van der Waals surface area contributed by atoms with Gasteiger partial charge in [-0.3, -0.25) is 9.59 Å². The molecule has 0 radical (unpaired) electrons. The van der Waals surface area contributed by atoms with E-state index >= 15 is 0 Å². The van der Waals surface area contributed by atoms with Crippen molar-refractivity contribution in [1.29, 1.82) is 0 Å². The van der Waals surface area contributed by atoms with Gasteiger partial charge in [-0.15, -0.1) is 0 Å². The third-order valence-electron chi connectivity index (χ3n) is 5.31. The molecule has 27 heavy (non-hydrogen) atoms. The number of amides is 1. The lowest BCUT2D eigenvalue weighted by Crippen LogP contribution is -2.49. The third kappa shape index (κ3) is 4.42. The Kier molecular flexibility index (Phi) is 5.71. The van der Waals surface area contributed by atoms with Gasteiger partial charge in [0.25, 0.3) is 5.91 Å². The molecule has 0 saturated carbocycles. The molecule has 3 rings (SSSR count). The summed E-state index contributed by atoms with van der Waals surface area (Å²) in [5.74, 6) is -0.418. The molecule has 1 saturated heterocycles. The second-order valence-electron chi connectivity index (χ2n) is 7.43. The number of hydrogen-bond donors (Lipinski definition) is 1. The lowest BCUT2D eigenvalue weighted by atomic mass is 9.75. The molecule has 1 fully saturated rings. The van der Waals surface area contributed by atoms with Crippen LogP contribution in [-0.4, -0.2) is 41.4 Å². The molecule has 1 atom stereocenters. The lowest BCUT2D eigenvalue weighted by molar-refractivity contribution is 0.0271. The number of likely N-dealkylation sites (tertiary alicyclic amines) is 1. The van der Waals surface area contributed by atoms with Gasteiger partial charge >= 0.3 is 0 Å². The van der Waals surface area contributed by atoms with Crippen LogP contribution in [0.25, 0.3) is 0 Å². The SMILES string of the molecule is CC(=O)c1ccc(C(=O)N2CCC[C@@](CO)(Cc3ccc(F)cc3)C2)cc1. The van der Waals surface area contributed by atoms with E-state index in [9.17, 15) is 19.1 Å². The number of benzene rings is 2. The minimum absolute atomic E-state index is 0.0303. The summed E-state index contributed by atoms with van der Waals surface area (Å²) in [4.78, 5) is 26.1. The molecule has 2 aromatic carbocycles. The summed E-state index contributed by atoms with van der Waals surface area (Å²) in [5.41, 5.74) is 1.64. The summed E-state index contributed by atoms with van der Waals surface area (Å²) in [5, 5.41) is 10.1. The maximum atomic E-state index is 13.2. The fourth-order valence-electron chi connectivity index (χ4n) is 3.78. The smallest absolute Gasteiger partial charge is 0.253 e. The molecular weight excluding hydrogens is 345 g/mol. The van der Waals surface area contributed by atoms with E-state index in [2.05, 4.69) is 0 Å². The van der Waals surface area contributed by atoms with Crippen molar-refractivity contribution in [2.75, 3.05) is 19.7 Å². The van der Waals surface area contributed by atoms with Gasteiger partial charge in [0.1, 0.15) is 5.82 Å². The molecule has 142 valence electrons. The highest BCUT2D eigenvalue weighted by Gasteiger charge is 2.37. The highest BCUT2D eigenvalue weighted by Crippen LogP contribution is 2.34. The van der Waals surface area contributed by atoms with Gasteiger partial charge in [-0.1, -0.05) is 24.3 Å². The van der Waals surface area contributed by atoms with Gasteiger partial charge in [-0.05, 0) is 56.0 Å². The molecule has 5 heteroatoms. The van der Waals surface area contributed by atoms with Crippen LogP contribution in [0, 0.1) is 11.2 Å². The van der Waals surface area contributed by atoms with Crippen LogP contribution in [0.3, 0.4) is 0 Å². The molecule has 1 aliphatic rings. The van der Waals surface area contributed by atoms with Crippen molar-refractivity contribution in [2.24, 2.45) is 5.41 Å². The third-order valence-corrected chi connectivity index (χ3v) is 5.31. The normalized spacial score (nSPS) is 19.7. The number of hydrogen-bond acceptors (Lipinski definition) is 3. The number of nitrogens with zero attached hydrogens (tertiary/aromatic N) is 1. The maximum Gasteiger partial charge on any atom is 0.253 e. The van der Waals surface area contributed by atoms with Gasteiger partial charge < -0.3 is 10.0 Å². The summed E-state index contributed by atoms with van der Waals surface area (Å²) in [6.45, 7) is 2.55. The summed E-state index contributed by atoms with van der Waals surface area (Å²) < 4.78 is 13.2. The Hall–Kier alpha value is -2.53. The standard InChI is InChI=1S/C22H24FNO3/c1-16(26)18-5-7-19(8-6-18)21(27)24-12-2-11-22(14-24,15-25)13-17-3-9-20(23)10-4-17/h3-10,25H,2,11-15H2,1H3/t22-/m1/s1. The Morgan fingerprint density at radius 1 is 1.07 bits per heavy atom. The fourth-order valence-corrected chi connectivity index (χ4v) is 3.78. The quantitative estimate of drug-likeness (QED) is 0.821. The predicted molar refractivity (Wildman–Crippen MR) is 101 cm³/mol. The fraction of sp³-hybridized carbons (Fsp3) is 0.364. The molecule has 4 nitrogen and oxygen atoms in total. The van der Waals surface area contributed by atoms with Crippen molar-refractivity contribution in [3.8, 4) is 0 Å². The Bertz CT molecular complexity index is 816. The van der Waals surface area contributed by atoms with Crippen molar-refractivity contribution in [2.45, 2.75) is 26.2 Å². The van der Waals surface area contributed by atoms with Crippen LogP contribution in [0.1, 0.15) is 46.0 Å². The molecule has 0 spiro atoms. The van der Waals surface area contributed by atoms with Crippen LogP contribution in [0.15, 0.2) is 48.5 Å². The Labute approximate surface area is 158 Å². The maximum absolute atomic E-state index is 13.2. The van der Waals surface area contributed by atoms with Crippen LogP contribution in [0.5, 0.6) is 0 Å². The van der Waals surface area contributed by atoms with Gasteiger partial charge in [0.05, 0.1) is 6.61 Å². The first-order valence-corrected chi connectivity index (χ1v) is 9.18. The average Bonchev–Trinajstić information content (AvgIpc) is 2.69. The lowest BCUT2D eigenvalue weighted by Gasteiger charge is -2.42. The molecule has 2 aromatic rings. The van der Waals surface area contributed by atoms with Crippen molar-refractivity contribution >= 4 is 11.7 Å². The van der Waals surface area contributed by atoms with Gasteiger partial charge in [0.2, 0.25) is 0 Å².